The number of hydrogen-bond acceptors (Lipinski definition) is 2. The lowest BCUT2D eigenvalue weighted by Gasteiger charge is -2.13. The van der Waals surface area contributed by atoms with Crippen LogP contribution in [0.2, 0.25) is 10.0 Å². The van der Waals surface area contributed by atoms with E-state index in [-0.39, 0.29) is 11.2 Å². The summed E-state index contributed by atoms with van der Waals surface area (Å²) in [5.41, 5.74) is 0.905. The third-order valence-corrected chi connectivity index (χ3v) is 4.91. The third-order valence-electron chi connectivity index (χ3n) is 2.92. The Hall–Kier alpha value is -1.16. The zero-order valence-electron chi connectivity index (χ0n) is 11.5. The number of carbonyl (C=O) groups excluding carboxylic acids is 1. The highest BCUT2D eigenvalue weighted by Crippen LogP contribution is 2.30. The number of thioether (sulfide) groups is 1. The summed E-state index contributed by atoms with van der Waals surface area (Å²) in [5, 5.41) is 3.98. The van der Waals surface area contributed by atoms with E-state index in [0.29, 0.717) is 16.6 Å². The van der Waals surface area contributed by atoms with Crippen molar-refractivity contribution < 1.29 is 4.79 Å². The van der Waals surface area contributed by atoms with E-state index in [2.05, 4.69) is 5.32 Å². The molecule has 0 saturated carbocycles. The molecule has 2 nitrogen and oxygen atoms in total. The van der Waals surface area contributed by atoms with Crippen LogP contribution in [-0.4, -0.2) is 11.2 Å². The molecule has 2 aromatic carbocycles. The van der Waals surface area contributed by atoms with Gasteiger partial charge >= 0.3 is 0 Å². The Labute approximate surface area is 138 Å². The molecule has 0 heterocycles. The first-order valence-corrected chi connectivity index (χ1v) is 8.14. The van der Waals surface area contributed by atoms with Crippen molar-refractivity contribution in [2.24, 2.45) is 0 Å². The molecular formula is C16H15Cl2NOS. The molecule has 0 unspecified atom stereocenters. The van der Waals surface area contributed by atoms with Crippen molar-refractivity contribution in [3.8, 4) is 0 Å². The van der Waals surface area contributed by atoms with Gasteiger partial charge in [-0.15, -0.1) is 11.8 Å². The Balaban J connectivity index is 1.91. The molecule has 5 heteroatoms. The molecule has 21 heavy (non-hydrogen) atoms. The van der Waals surface area contributed by atoms with E-state index in [1.807, 2.05) is 55.5 Å². The summed E-state index contributed by atoms with van der Waals surface area (Å²) in [7, 11) is 0. The van der Waals surface area contributed by atoms with Gasteiger partial charge in [-0.05, 0) is 30.7 Å². The maximum absolute atomic E-state index is 12.1. The van der Waals surface area contributed by atoms with Gasteiger partial charge < -0.3 is 5.32 Å². The van der Waals surface area contributed by atoms with Crippen LogP contribution in [0, 0.1) is 0 Å². The SMILES string of the molecule is C[C@H](Sc1ccccc1Cl)C(=O)NCc1ccccc1Cl. The van der Waals surface area contributed by atoms with E-state index < -0.39 is 0 Å². The number of carbonyl (C=O) groups is 1. The van der Waals surface area contributed by atoms with Crippen molar-refractivity contribution in [2.45, 2.75) is 23.6 Å². The molecule has 0 aromatic heterocycles. The molecule has 1 amide bonds. The number of benzene rings is 2. The zero-order chi connectivity index (χ0) is 15.2. The summed E-state index contributed by atoms with van der Waals surface area (Å²) in [6.45, 7) is 2.28. The fourth-order valence-electron chi connectivity index (χ4n) is 1.75. The van der Waals surface area contributed by atoms with Crippen molar-refractivity contribution in [1.82, 2.24) is 5.32 Å². The molecule has 2 rings (SSSR count). The van der Waals surface area contributed by atoms with Crippen LogP contribution in [0.1, 0.15) is 12.5 Å². The topological polar surface area (TPSA) is 29.1 Å². The average molecular weight is 340 g/mol. The summed E-state index contributed by atoms with van der Waals surface area (Å²) < 4.78 is 0. The second-order valence-electron chi connectivity index (χ2n) is 4.50. The zero-order valence-corrected chi connectivity index (χ0v) is 13.8. The van der Waals surface area contributed by atoms with E-state index in [1.54, 1.807) is 0 Å². The first-order valence-electron chi connectivity index (χ1n) is 6.50. The molecule has 1 atom stereocenters. The monoisotopic (exact) mass is 339 g/mol. The van der Waals surface area contributed by atoms with Crippen LogP contribution in [0.4, 0.5) is 0 Å². The van der Waals surface area contributed by atoms with Crippen LogP contribution in [0.3, 0.4) is 0 Å². The number of rotatable bonds is 5. The Bertz CT molecular complexity index is 633. The quantitative estimate of drug-likeness (QED) is 0.793. The Kier molecular flexibility index (Phi) is 5.97. The van der Waals surface area contributed by atoms with Gasteiger partial charge in [0.15, 0.2) is 0 Å². The highest BCUT2D eigenvalue weighted by molar-refractivity contribution is 8.00. The highest BCUT2D eigenvalue weighted by atomic mass is 35.5. The minimum absolute atomic E-state index is 0.0418. The molecular weight excluding hydrogens is 325 g/mol. The molecule has 0 aliphatic carbocycles. The molecule has 2 aromatic rings. The standard InChI is InChI=1S/C16H15Cl2NOS/c1-11(21-15-9-5-4-8-14(15)18)16(20)19-10-12-6-2-3-7-13(12)17/h2-9,11H,10H2,1H3,(H,19,20)/t11-/m0/s1. The van der Waals surface area contributed by atoms with Crippen LogP contribution < -0.4 is 5.32 Å². The summed E-state index contributed by atoms with van der Waals surface area (Å²) >= 11 is 13.6. The van der Waals surface area contributed by atoms with Crippen molar-refractivity contribution in [3.63, 3.8) is 0 Å². The number of hydrogen-bond donors (Lipinski definition) is 1. The van der Waals surface area contributed by atoms with Crippen LogP contribution in [-0.2, 0) is 11.3 Å². The van der Waals surface area contributed by atoms with E-state index >= 15 is 0 Å². The van der Waals surface area contributed by atoms with Gasteiger partial charge in [-0.3, -0.25) is 4.79 Å². The van der Waals surface area contributed by atoms with E-state index in [0.717, 1.165) is 10.5 Å². The summed E-state index contributed by atoms with van der Waals surface area (Å²) in [6.07, 6.45) is 0. The first kappa shape index (κ1) is 16.2. The largest absolute Gasteiger partial charge is 0.351 e. The van der Waals surface area contributed by atoms with Crippen LogP contribution >= 0.6 is 35.0 Å². The molecule has 0 aliphatic heterocycles. The first-order chi connectivity index (χ1) is 10.1. The van der Waals surface area contributed by atoms with E-state index in [4.69, 9.17) is 23.2 Å². The number of halogens is 2. The lowest BCUT2D eigenvalue weighted by Crippen LogP contribution is -2.30. The summed E-state index contributed by atoms with van der Waals surface area (Å²) in [6, 6.07) is 15.0. The van der Waals surface area contributed by atoms with Crippen LogP contribution in [0.15, 0.2) is 53.4 Å². The number of nitrogens with one attached hydrogen (secondary N) is 1. The maximum Gasteiger partial charge on any atom is 0.233 e. The lowest BCUT2D eigenvalue weighted by atomic mass is 10.2. The van der Waals surface area contributed by atoms with Gasteiger partial charge in [-0.2, -0.15) is 0 Å². The summed E-state index contributed by atoms with van der Waals surface area (Å²) in [4.78, 5) is 13.0. The minimum Gasteiger partial charge on any atom is -0.351 e. The molecule has 0 bridgehead atoms. The second-order valence-corrected chi connectivity index (χ2v) is 6.70. The van der Waals surface area contributed by atoms with Gasteiger partial charge in [0, 0.05) is 16.5 Å². The normalized spacial score (nSPS) is 12.0. The van der Waals surface area contributed by atoms with E-state index in [1.165, 1.54) is 11.8 Å². The molecule has 110 valence electrons. The van der Waals surface area contributed by atoms with Crippen molar-refractivity contribution in [1.29, 1.82) is 0 Å². The molecule has 0 aliphatic rings. The second kappa shape index (κ2) is 7.74. The average Bonchev–Trinajstić information content (AvgIpc) is 2.48. The Morgan fingerprint density at radius 2 is 1.71 bits per heavy atom. The minimum atomic E-state index is -0.229. The van der Waals surface area contributed by atoms with Crippen molar-refractivity contribution >= 4 is 40.9 Å². The van der Waals surface area contributed by atoms with Gasteiger partial charge in [0.05, 0.1) is 10.3 Å². The lowest BCUT2D eigenvalue weighted by molar-refractivity contribution is -0.120. The smallest absolute Gasteiger partial charge is 0.233 e. The predicted molar refractivity (Wildman–Crippen MR) is 90.1 cm³/mol. The third kappa shape index (κ3) is 4.67. The van der Waals surface area contributed by atoms with Crippen LogP contribution in [0.5, 0.6) is 0 Å². The molecule has 0 spiro atoms. The molecule has 0 saturated heterocycles. The van der Waals surface area contributed by atoms with Gasteiger partial charge in [0.25, 0.3) is 0 Å². The fourth-order valence-corrected chi connectivity index (χ4v) is 3.13. The maximum atomic E-state index is 12.1. The van der Waals surface area contributed by atoms with Crippen LogP contribution in [0.25, 0.3) is 0 Å². The molecule has 1 N–H and O–H groups in total. The Morgan fingerprint density at radius 1 is 1.10 bits per heavy atom. The van der Waals surface area contributed by atoms with Gasteiger partial charge in [0.1, 0.15) is 0 Å². The van der Waals surface area contributed by atoms with Crippen molar-refractivity contribution in [3.05, 3.63) is 64.1 Å². The van der Waals surface area contributed by atoms with Gasteiger partial charge in [-0.25, -0.2) is 0 Å². The highest BCUT2D eigenvalue weighted by Gasteiger charge is 2.15. The summed E-state index contributed by atoms with van der Waals surface area (Å²) in [5.74, 6) is -0.0418. The molecule has 0 fully saturated rings. The van der Waals surface area contributed by atoms with Crippen molar-refractivity contribution in [2.75, 3.05) is 0 Å². The van der Waals surface area contributed by atoms with Gasteiger partial charge in [0.2, 0.25) is 5.91 Å². The predicted octanol–water partition coefficient (Wildman–Crippen LogP) is 4.79. The molecule has 0 radical (unpaired) electrons. The van der Waals surface area contributed by atoms with Gasteiger partial charge in [-0.1, -0.05) is 53.5 Å². The van der Waals surface area contributed by atoms with E-state index in [9.17, 15) is 4.79 Å². The Morgan fingerprint density at radius 3 is 2.38 bits per heavy atom. The number of amides is 1. The fraction of sp³-hybridized carbons (Fsp3) is 0.188.